The molecule has 1 heterocycles. The number of carbonyl (C=O) groups is 1. The van der Waals surface area contributed by atoms with Gasteiger partial charge in [-0.2, -0.15) is 0 Å². The lowest BCUT2D eigenvalue weighted by Gasteiger charge is -2.37. The number of carbonyl (C=O) groups excluding carboxylic acids is 1. The molecule has 1 aliphatic carbocycles. The zero-order valence-corrected chi connectivity index (χ0v) is 12.3. The van der Waals surface area contributed by atoms with E-state index < -0.39 is 0 Å². The first-order valence-electron chi connectivity index (χ1n) is 7.78. The number of amides is 1. The first kappa shape index (κ1) is 13.6. The molecule has 3 nitrogen and oxygen atoms in total. The van der Waals surface area contributed by atoms with Crippen molar-refractivity contribution in [1.29, 1.82) is 0 Å². The maximum Gasteiger partial charge on any atom is 0.234 e. The Morgan fingerprint density at radius 3 is 2.75 bits per heavy atom. The topological polar surface area (TPSA) is 46.3 Å². The third-order valence-electron chi connectivity index (χ3n) is 5.00. The van der Waals surface area contributed by atoms with Crippen LogP contribution in [0.5, 0.6) is 0 Å². The molecule has 1 saturated carbocycles. The Hall–Kier alpha value is -1.35. The highest BCUT2D eigenvalue weighted by Gasteiger charge is 2.43. The van der Waals surface area contributed by atoms with E-state index in [0.717, 1.165) is 50.8 Å². The van der Waals surface area contributed by atoms with Crippen molar-refractivity contribution in [3.8, 4) is 0 Å². The summed E-state index contributed by atoms with van der Waals surface area (Å²) in [5, 5.41) is 0. The molecule has 0 bridgehead atoms. The van der Waals surface area contributed by atoms with Crippen LogP contribution in [0.1, 0.15) is 43.2 Å². The molecule has 0 radical (unpaired) electrons. The molecule has 1 aromatic rings. The van der Waals surface area contributed by atoms with Crippen LogP contribution in [0.25, 0.3) is 0 Å². The van der Waals surface area contributed by atoms with E-state index in [9.17, 15) is 4.79 Å². The standard InChI is InChI=1S/C17H24N2O/c1-13-6-7-15-14(11-13)5-4-10-19(15)16(20)17(12-18)8-2-3-9-17/h6-7,11H,2-5,8-10,12,18H2,1H3. The summed E-state index contributed by atoms with van der Waals surface area (Å²) in [6.45, 7) is 3.44. The predicted molar refractivity (Wildman–Crippen MR) is 81.8 cm³/mol. The van der Waals surface area contributed by atoms with E-state index >= 15 is 0 Å². The predicted octanol–water partition coefficient (Wildman–Crippen LogP) is 2.79. The quantitative estimate of drug-likeness (QED) is 0.900. The smallest absolute Gasteiger partial charge is 0.234 e. The minimum absolute atomic E-state index is 0.266. The zero-order valence-electron chi connectivity index (χ0n) is 12.3. The van der Waals surface area contributed by atoms with E-state index in [-0.39, 0.29) is 11.3 Å². The molecule has 1 aliphatic heterocycles. The van der Waals surface area contributed by atoms with Crippen LogP contribution >= 0.6 is 0 Å². The van der Waals surface area contributed by atoms with Gasteiger partial charge in [-0.25, -0.2) is 0 Å². The summed E-state index contributed by atoms with van der Waals surface area (Å²) in [5.41, 5.74) is 9.38. The maximum absolute atomic E-state index is 13.0. The average Bonchev–Trinajstić information content (AvgIpc) is 2.95. The summed E-state index contributed by atoms with van der Waals surface area (Å²) in [5.74, 6) is 0.266. The van der Waals surface area contributed by atoms with Crippen molar-refractivity contribution in [3.05, 3.63) is 29.3 Å². The Bertz CT molecular complexity index is 518. The number of fused-ring (bicyclic) bond motifs is 1. The van der Waals surface area contributed by atoms with Crippen molar-refractivity contribution in [2.75, 3.05) is 18.0 Å². The number of aryl methyl sites for hydroxylation is 2. The SMILES string of the molecule is Cc1ccc2c(c1)CCCN2C(=O)C1(CN)CCCC1. The van der Waals surface area contributed by atoms with Gasteiger partial charge in [-0.3, -0.25) is 4.79 Å². The number of anilines is 1. The van der Waals surface area contributed by atoms with Crippen molar-refractivity contribution in [2.24, 2.45) is 11.1 Å². The van der Waals surface area contributed by atoms with Crippen molar-refractivity contribution in [1.82, 2.24) is 0 Å². The molecular formula is C17H24N2O. The van der Waals surface area contributed by atoms with Gasteiger partial charge in [0.25, 0.3) is 0 Å². The Balaban J connectivity index is 1.94. The van der Waals surface area contributed by atoms with Gasteiger partial charge in [-0.1, -0.05) is 30.5 Å². The normalized spacial score (nSPS) is 20.8. The Kier molecular flexibility index (Phi) is 3.55. The van der Waals surface area contributed by atoms with E-state index in [4.69, 9.17) is 5.73 Å². The van der Waals surface area contributed by atoms with E-state index in [1.54, 1.807) is 0 Å². The highest BCUT2D eigenvalue weighted by atomic mass is 16.2. The lowest BCUT2D eigenvalue weighted by Crippen LogP contribution is -2.48. The molecule has 1 amide bonds. The molecule has 1 fully saturated rings. The third kappa shape index (κ3) is 2.14. The largest absolute Gasteiger partial charge is 0.329 e. The highest BCUT2D eigenvalue weighted by molar-refractivity contribution is 5.99. The number of nitrogens with zero attached hydrogens (tertiary/aromatic N) is 1. The van der Waals surface area contributed by atoms with Crippen molar-refractivity contribution in [2.45, 2.75) is 45.4 Å². The molecule has 1 aromatic carbocycles. The first-order chi connectivity index (χ1) is 9.66. The number of rotatable bonds is 2. The molecule has 3 heteroatoms. The van der Waals surface area contributed by atoms with Crippen LogP contribution in [0.15, 0.2) is 18.2 Å². The van der Waals surface area contributed by atoms with Gasteiger partial charge in [0.05, 0.1) is 5.41 Å². The van der Waals surface area contributed by atoms with Gasteiger partial charge < -0.3 is 10.6 Å². The summed E-state index contributed by atoms with van der Waals surface area (Å²) >= 11 is 0. The van der Waals surface area contributed by atoms with Crippen LogP contribution in [0, 0.1) is 12.3 Å². The molecule has 0 spiro atoms. The van der Waals surface area contributed by atoms with Gasteiger partial charge in [0, 0.05) is 18.8 Å². The van der Waals surface area contributed by atoms with Crippen LogP contribution < -0.4 is 10.6 Å². The monoisotopic (exact) mass is 272 g/mol. The lowest BCUT2D eigenvalue weighted by atomic mass is 9.83. The van der Waals surface area contributed by atoms with E-state index in [1.165, 1.54) is 11.1 Å². The summed E-state index contributed by atoms with van der Waals surface area (Å²) < 4.78 is 0. The van der Waals surface area contributed by atoms with Crippen molar-refractivity contribution < 1.29 is 4.79 Å². The minimum Gasteiger partial charge on any atom is -0.329 e. The second-order valence-corrected chi connectivity index (χ2v) is 6.38. The van der Waals surface area contributed by atoms with E-state index in [0.29, 0.717) is 6.54 Å². The van der Waals surface area contributed by atoms with Gasteiger partial charge in [-0.05, 0) is 44.2 Å². The number of benzene rings is 1. The molecule has 108 valence electrons. The van der Waals surface area contributed by atoms with E-state index in [1.807, 2.05) is 4.90 Å². The summed E-state index contributed by atoms with van der Waals surface area (Å²) in [7, 11) is 0. The molecule has 3 rings (SSSR count). The maximum atomic E-state index is 13.0. The summed E-state index contributed by atoms with van der Waals surface area (Å²) in [6.07, 6.45) is 6.33. The minimum atomic E-state index is -0.292. The van der Waals surface area contributed by atoms with Crippen LogP contribution in [-0.4, -0.2) is 19.0 Å². The Labute approximate surface area is 121 Å². The molecule has 20 heavy (non-hydrogen) atoms. The Morgan fingerprint density at radius 1 is 1.30 bits per heavy atom. The van der Waals surface area contributed by atoms with Crippen molar-refractivity contribution >= 4 is 11.6 Å². The van der Waals surface area contributed by atoms with Gasteiger partial charge in [0.15, 0.2) is 0 Å². The average molecular weight is 272 g/mol. The summed E-state index contributed by atoms with van der Waals surface area (Å²) in [4.78, 5) is 15.1. The third-order valence-corrected chi connectivity index (χ3v) is 5.00. The fourth-order valence-corrected chi connectivity index (χ4v) is 3.78. The van der Waals surface area contributed by atoms with Gasteiger partial charge in [0.1, 0.15) is 0 Å². The van der Waals surface area contributed by atoms with Crippen LogP contribution in [0.4, 0.5) is 5.69 Å². The number of nitrogens with two attached hydrogens (primary N) is 1. The number of hydrogen-bond donors (Lipinski definition) is 1. The fraction of sp³-hybridized carbons (Fsp3) is 0.588. The lowest BCUT2D eigenvalue weighted by molar-refractivity contribution is -0.127. The van der Waals surface area contributed by atoms with E-state index in [2.05, 4.69) is 25.1 Å². The first-order valence-corrected chi connectivity index (χ1v) is 7.78. The van der Waals surface area contributed by atoms with Gasteiger partial charge >= 0.3 is 0 Å². The molecule has 2 aliphatic rings. The second kappa shape index (κ2) is 5.21. The molecular weight excluding hydrogens is 248 g/mol. The molecule has 0 atom stereocenters. The number of hydrogen-bond acceptors (Lipinski definition) is 2. The molecule has 2 N–H and O–H groups in total. The molecule has 0 aromatic heterocycles. The summed E-state index contributed by atoms with van der Waals surface area (Å²) in [6, 6.07) is 6.44. The molecule has 0 saturated heterocycles. The van der Waals surface area contributed by atoms with Crippen molar-refractivity contribution in [3.63, 3.8) is 0 Å². The van der Waals surface area contributed by atoms with Crippen LogP contribution in [0.2, 0.25) is 0 Å². The van der Waals surface area contributed by atoms with Crippen LogP contribution in [0.3, 0.4) is 0 Å². The molecule has 0 unspecified atom stereocenters. The zero-order chi connectivity index (χ0) is 14.2. The Morgan fingerprint density at radius 2 is 2.05 bits per heavy atom. The van der Waals surface area contributed by atoms with Crippen LogP contribution in [-0.2, 0) is 11.2 Å². The highest BCUT2D eigenvalue weighted by Crippen LogP contribution is 2.41. The fourth-order valence-electron chi connectivity index (χ4n) is 3.78. The van der Waals surface area contributed by atoms with Gasteiger partial charge in [-0.15, -0.1) is 0 Å². The van der Waals surface area contributed by atoms with Gasteiger partial charge in [0.2, 0.25) is 5.91 Å². The second-order valence-electron chi connectivity index (χ2n) is 6.38.